The van der Waals surface area contributed by atoms with Crippen LogP contribution in [0.3, 0.4) is 0 Å². The first kappa shape index (κ1) is 17.8. The van der Waals surface area contributed by atoms with Crippen LogP contribution in [0.2, 0.25) is 0 Å². The average molecular weight is 298 g/mol. The second-order valence-corrected chi connectivity index (χ2v) is 8.08. The molecule has 1 aliphatic rings. The van der Waals surface area contributed by atoms with Gasteiger partial charge in [0, 0.05) is 25.0 Å². The summed E-state index contributed by atoms with van der Waals surface area (Å²) in [6.07, 6.45) is 2.66. The molecule has 2 amide bonds. The van der Waals surface area contributed by atoms with Gasteiger partial charge in [0.1, 0.15) is 0 Å². The van der Waals surface area contributed by atoms with Crippen molar-refractivity contribution in [1.82, 2.24) is 10.2 Å². The van der Waals surface area contributed by atoms with Crippen molar-refractivity contribution in [3.63, 3.8) is 0 Å². The molecule has 0 aromatic heterocycles. The van der Waals surface area contributed by atoms with E-state index >= 15 is 0 Å². The third-order valence-corrected chi connectivity index (χ3v) is 3.76. The van der Waals surface area contributed by atoms with Gasteiger partial charge in [0.05, 0.1) is 0 Å². The number of hydrogen-bond acceptors (Lipinski definition) is 2. The lowest BCUT2D eigenvalue weighted by molar-refractivity contribution is -0.137. The third kappa shape index (κ3) is 6.82. The van der Waals surface area contributed by atoms with Crippen LogP contribution >= 0.6 is 0 Å². The molecule has 0 spiro atoms. The first-order valence-corrected chi connectivity index (χ1v) is 7.77. The molecule has 1 fully saturated rings. The number of carbonyl (C=O) groups excluding carboxylic acids is 1. The maximum absolute atomic E-state index is 12.3. The third-order valence-electron chi connectivity index (χ3n) is 3.76. The molecule has 1 saturated heterocycles. The van der Waals surface area contributed by atoms with Crippen LogP contribution in [-0.4, -0.2) is 40.6 Å². The van der Waals surface area contributed by atoms with E-state index in [1.807, 2.05) is 18.7 Å². The van der Waals surface area contributed by atoms with Crippen LogP contribution in [0, 0.1) is 11.3 Å². The second kappa shape index (κ2) is 6.67. The zero-order chi connectivity index (χ0) is 16.3. The van der Waals surface area contributed by atoms with E-state index in [2.05, 4.69) is 26.1 Å². The van der Waals surface area contributed by atoms with Crippen molar-refractivity contribution in [3.8, 4) is 0 Å². The molecule has 1 aliphatic heterocycles. The predicted octanol–water partition coefficient (Wildman–Crippen LogP) is 3.10. The summed E-state index contributed by atoms with van der Waals surface area (Å²) in [5.41, 5.74) is -0.0830. The maximum Gasteiger partial charge on any atom is 0.317 e. The largest absolute Gasteiger partial charge is 0.481 e. The summed E-state index contributed by atoms with van der Waals surface area (Å²) in [4.78, 5) is 24.7. The van der Waals surface area contributed by atoms with Crippen LogP contribution in [0.5, 0.6) is 0 Å². The topological polar surface area (TPSA) is 69.6 Å². The lowest BCUT2D eigenvalue weighted by atomic mass is 9.82. The summed E-state index contributed by atoms with van der Waals surface area (Å²) in [5.74, 6) is -0.443. The Bertz CT molecular complexity index is 385. The number of carboxylic acid groups (broad SMARTS) is 1. The van der Waals surface area contributed by atoms with Crippen molar-refractivity contribution in [3.05, 3.63) is 0 Å². The molecule has 2 N–H and O–H groups in total. The Hall–Kier alpha value is -1.26. The Labute approximate surface area is 128 Å². The SMILES string of the molecule is CC(C)(C)CC(C)(C)NC(=O)N1CCC(CCC(=O)O)C1. The lowest BCUT2D eigenvalue weighted by Gasteiger charge is -2.34. The van der Waals surface area contributed by atoms with E-state index < -0.39 is 5.97 Å². The Morgan fingerprint density at radius 3 is 2.38 bits per heavy atom. The van der Waals surface area contributed by atoms with E-state index in [9.17, 15) is 9.59 Å². The van der Waals surface area contributed by atoms with Gasteiger partial charge >= 0.3 is 12.0 Å². The highest BCUT2D eigenvalue weighted by Gasteiger charge is 2.31. The summed E-state index contributed by atoms with van der Waals surface area (Å²) in [5, 5.41) is 11.8. The van der Waals surface area contributed by atoms with E-state index in [0.29, 0.717) is 18.9 Å². The molecule has 5 nitrogen and oxygen atoms in total. The van der Waals surface area contributed by atoms with Gasteiger partial charge in [-0.3, -0.25) is 4.79 Å². The van der Waals surface area contributed by atoms with Gasteiger partial charge in [-0.05, 0) is 44.4 Å². The molecule has 1 unspecified atom stereocenters. The van der Waals surface area contributed by atoms with E-state index in [-0.39, 0.29) is 23.4 Å². The summed E-state index contributed by atoms with van der Waals surface area (Å²) in [7, 11) is 0. The number of likely N-dealkylation sites (tertiary alicyclic amines) is 1. The molecule has 0 aromatic rings. The Morgan fingerprint density at radius 1 is 1.24 bits per heavy atom. The van der Waals surface area contributed by atoms with Crippen LogP contribution in [0.25, 0.3) is 0 Å². The minimum atomic E-state index is -0.760. The van der Waals surface area contributed by atoms with E-state index in [4.69, 9.17) is 5.11 Å². The van der Waals surface area contributed by atoms with Crippen LogP contribution in [0.1, 0.15) is 60.3 Å². The van der Waals surface area contributed by atoms with Crippen LogP contribution < -0.4 is 5.32 Å². The number of amides is 2. The van der Waals surface area contributed by atoms with E-state index in [1.165, 1.54) is 0 Å². The summed E-state index contributed by atoms with van der Waals surface area (Å²) >= 11 is 0. The van der Waals surface area contributed by atoms with Crippen molar-refractivity contribution in [2.45, 2.75) is 65.8 Å². The zero-order valence-electron chi connectivity index (χ0n) is 14.0. The van der Waals surface area contributed by atoms with Gasteiger partial charge in [-0.1, -0.05) is 20.8 Å². The number of hydrogen-bond donors (Lipinski definition) is 2. The van der Waals surface area contributed by atoms with Crippen LogP contribution in [0.4, 0.5) is 4.79 Å². The fourth-order valence-electron chi connectivity index (χ4n) is 3.32. The lowest BCUT2D eigenvalue weighted by Crippen LogP contribution is -2.50. The standard InChI is InChI=1S/C16H30N2O3/c1-15(2,3)11-16(4,5)17-14(21)18-9-8-12(10-18)6-7-13(19)20/h12H,6-11H2,1-5H3,(H,17,21)(H,19,20). The van der Waals surface area contributed by atoms with E-state index in [0.717, 1.165) is 19.4 Å². The van der Waals surface area contributed by atoms with Crippen molar-refractivity contribution in [1.29, 1.82) is 0 Å². The molecule has 0 aliphatic carbocycles. The Balaban J connectivity index is 2.44. The molecular weight excluding hydrogens is 268 g/mol. The number of nitrogens with zero attached hydrogens (tertiary/aromatic N) is 1. The second-order valence-electron chi connectivity index (χ2n) is 8.08. The van der Waals surface area contributed by atoms with Crippen molar-refractivity contribution >= 4 is 12.0 Å². The van der Waals surface area contributed by atoms with E-state index in [1.54, 1.807) is 0 Å². The number of carbonyl (C=O) groups is 2. The molecule has 1 heterocycles. The van der Waals surface area contributed by atoms with Gasteiger partial charge in [0.15, 0.2) is 0 Å². The summed E-state index contributed by atoms with van der Waals surface area (Å²) in [6.45, 7) is 12.0. The normalized spacial score (nSPS) is 19.7. The monoisotopic (exact) mass is 298 g/mol. The van der Waals surface area contributed by atoms with Gasteiger partial charge in [-0.2, -0.15) is 0 Å². The van der Waals surface area contributed by atoms with Crippen LogP contribution in [0.15, 0.2) is 0 Å². The Morgan fingerprint density at radius 2 is 1.86 bits per heavy atom. The molecular formula is C16H30N2O3. The zero-order valence-corrected chi connectivity index (χ0v) is 14.0. The maximum atomic E-state index is 12.3. The number of rotatable bonds is 5. The molecule has 0 aromatic carbocycles. The molecule has 1 rings (SSSR count). The highest BCUT2D eigenvalue weighted by atomic mass is 16.4. The van der Waals surface area contributed by atoms with Crippen LogP contribution in [-0.2, 0) is 4.79 Å². The smallest absolute Gasteiger partial charge is 0.317 e. The number of urea groups is 1. The summed E-state index contributed by atoms with van der Waals surface area (Å²) < 4.78 is 0. The molecule has 1 atom stereocenters. The van der Waals surface area contributed by atoms with Gasteiger partial charge < -0.3 is 15.3 Å². The minimum absolute atomic E-state index is 0.0259. The van der Waals surface area contributed by atoms with Crippen molar-refractivity contribution in [2.24, 2.45) is 11.3 Å². The first-order valence-electron chi connectivity index (χ1n) is 7.77. The number of nitrogens with one attached hydrogen (secondary N) is 1. The first-order chi connectivity index (χ1) is 9.48. The number of aliphatic carboxylic acids is 1. The van der Waals surface area contributed by atoms with Gasteiger partial charge in [-0.15, -0.1) is 0 Å². The molecule has 122 valence electrons. The molecule has 21 heavy (non-hydrogen) atoms. The summed E-state index contributed by atoms with van der Waals surface area (Å²) in [6, 6.07) is -0.0259. The average Bonchev–Trinajstić information content (AvgIpc) is 2.70. The Kier molecular flexibility index (Phi) is 5.65. The molecule has 0 bridgehead atoms. The van der Waals surface area contributed by atoms with Gasteiger partial charge in [0.25, 0.3) is 0 Å². The molecule has 0 saturated carbocycles. The molecule has 0 radical (unpaired) electrons. The molecule has 5 heteroatoms. The van der Waals surface area contributed by atoms with Crippen molar-refractivity contribution < 1.29 is 14.7 Å². The van der Waals surface area contributed by atoms with Gasteiger partial charge in [0.2, 0.25) is 0 Å². The fraction of sp³-hybridized carbons (Fsp3) is 0.875. The highest BCUT2D eigenvalue weighted by molar-refractivity contribution is 5.75. The highest BCUT2D eigenvalue weighted by Crippen LogP contribution is 2.27. The minimum Gasteiger partial charge on any atom is -0.481 e. The predicted molar refractivity (Wildman–Crippen MR) is 83.2 cm³/mol. The van der Waals surface area contributed by atoms with Gasteiger partial charge in [-0.25, -0.2) is 4.79 Å². The van der Waals surface area contributed by atoms with Crippen molar-refractivity contribution in [2.75, 3.05) is 13.1 Å². The number of carboxylic acids is 1. The fourth-order valence-corrected chi connectivity index (χ4v) is 3.32. The quantitative estimate of drug-likeness (QED) is 0.819.